The van der Waals surface area contributed by atoms with E-state index in [9.17, 15) is 4.39 Å². The molecule has 1 heterocycles. The van der Waals surface area contributed by atoms with E-state index in [-0.39, 0.29) is 5.82 Å². The lowest BCUT2D eigenvalue weighted by Crippen LogP contribution is -2.45. The molecule has 0 saturated carbocycles. The summed E-state index contributed by atoms with van der Waals surface area (Å²) in [4.78, 5) is 2.49. The van der Waals surface area contributed by atoms with E-state index in [2.05, 4.69) is 37.5 Å². The molecule has 0 spiro atoms. The first kappa shape index (κ1) is 16.0. The van der Waals surface area contributed by atoms with Gasteiger partial charge in [-0.25, -0.2) is 4.39 Å². The molecule has 1 fully saturated rings. The lowest BCUT2D eigenvalue weighted by Gasteiger charge is -2.41. The maximum absolute atomic E-state index is 13.4. The van der Waals surface area contributed by atoms with Crippen LogP contribution in [0.2, 0.25) is 0 Å². The van der Waals surface area contributed by atoms with Gasteiger partial charge in [0.2, 0.25) is 0 Å². The molecule has 1 aliphatic rings. The second kappa shape index (κ2) is 7.06. The summed E-state index contributed by atoms with van der Waals surface area (Å²) in [6, 6.07) is 5.43. The van der Waals surface area contributed by atoms with E-state index in [0.717, 1.165) is 24.2 Å². The molecule has 2 nitrogen and oxygen atoms in total. The van der Waals surface area contributed by atoms with Crippen molar-refractivity contribution in [2.75, 3.05) is 13.1 Å². The molecule has 2 rings (SSSR count). The normalized spacial score (nSPS) is 26.2. The minimum absolute atomic E-state index is 0.242. The maximum atomic E-state index is 13.4. The minimum Gasteiger partial charge on any atom is -0.320 e. The van der Waals surface area contributed by atoms with Crippen LogP contribution in [0.1, 0.15) is 38.3 Å². The second-order valence-corrected chi connectivity index (χ2v) is 6.30. The van der Waals surface area contributed by atoms with Gasteiger partial charge in [-0.3, -0.25) is 4.90 Å². The van der Waals surface area contributed by atoms with E-state index < -0.39 is 0 Å². The molecule has 0 radical (unpaired) electrons. The molecular formula is C18H25FN2. The highest BCUT2D eigenvalue weighted by Crippen LogP contribution is 2.28. The number of hydrogen-bond donors (Lipinski definition) is 1. The van der Waals surface area contributed by atoms with Gasteiger partial charge in [0, 0.05) is 24.7 Å². The average Bonchev–Trinajstić information content (AvgIpc) is 2.44. The number of hydrogen-bond acceptors (Lipinski definition) is 2. The fourth-order valence-corrected chi connectivity index (χ4v) is 3.21. The monoisotopic (exact) mass is 288 g/mol. The Morgan fingerprint density at radius 3 is 2.81 bits per heavy atom. The second-order valence-electron chi connectivity index (χ2n) is 6.30. The van der Waals surface area contributed by atoms with Crippen LogP contribution in [-0.4, -0.2) is 24.0 Å². The summed E-state index contributed by atoms with van der Waals surface area (Å²) in [7, 11) is 0. The van der Waals surface area contributed by atoms with E-state index in [1.54, 1.807) is 0 Å². The molecule has 0 amide bonds. The Bertz CT molecular complexity index is 544. The Morgan fingerprint density at radius 2 is 2.10 bits per heavy atom. The highest BCUT2D eigenvalue weighted by atomic mass is 19.1. The van der Waals surface area contributed by atoms with E-state index >= 15 is 0 Å². The molecule has 1 aliphatic heterocycles. The Hall–Kier alpha value is -1.37. The number of halogens is 1. The van der Waals surface area contributed by atoms with Gasteiger partial charge < -0.3 is 5.73 Å². The SMILES string of the molecule is CC1CC(C)C(C)N(Cc2ccc(F)cc2C#CCN)C1. The van der Waals surface area contributed by atoms with Gasteiger partial charge in [-0.05, 0) is 42.9 Å². The molecule has 3 atom stereocenters. The van der Waals surface area contributed by atoms with Gasteiger partial charge in [-0.1, -0.05) is 31.8 Å². The van der Waals surface area contributed by atoms with Crippen LogP contribution >= 0.6 is 0 Å². The van der Waals surface area contributed by atoms with Gasteiger partial charge >= 0.3 is 0 Å². The first-order chi connectivity index (χ1) is 10.0. The van der Waals surface area contributed by atoms with Gasteiger partial charge in [0.15, 0.2) is 0 Å². The van der Waals surface area contributed by atoms with Crippen molar-refractivity contribution in [2.24, 2.45) is 17.6 Å². The van der Waals surface area contributed by atoms with E-state index in [1.165, 1.54) is 18.6 Å². The summed E-state index contributed by atoms with van der Waals surface area (Å²) in [5.41, 5.74) is 7.28. The fourth-order valence-electron chi connectivity index (χ4n) is 3.21. The van der Waals surface area contributed by atoms with E-state index in [1.807, 2.05) is 6.07 Å². The maximum Gasteiger partial charge on any atom is 0.124 e. The Balaban J connectivity index is 2.22. The molecule has 1 aromatic rings. The van der Waals surface area contributed by atoms with Gasteiger partial charge in [0.1, 0.15) is 5.82 Å². The highest BCUT2D eigenvalue weighted by Gasteiger charge is 2.28. The molecule has 21 heavy (non-hydrogen) atoms. The van der Waals surface area contributed by atoms with Crippen LogP contribution in [-0.2, 0) is 6.54 Å². The zero-order valence-corrected chi connectivity index (χ0v) is 13.2. The molecule has 2 N–H and O–H groups in total. The van der Waals surface area contributed by atoms with Crippen LogP contribution in [0, 0.1) is 29.5 Å². The number of nitrogens with two attached hydrogens (primary N) is 1. The van der Waals surface area contributed by atoms with Crippen molar-refractivity contribution in [1.82, 2.24) is 4.90 Å². The molecule has 0 aliphatic carbocycles. The molecule has 114 valence electrons. The van der Waals surface area contributed by atoms with Crippen LogP contribution in [0.4, 0.5) is 4.39 Å². The number of rotatable bonds is 2. The van der Waals surface area contributed by atoms with Crippen LogP contribution in [0.15, 0.2) is 18.2 Å². The quantitative estimate of drug-likeness (QED) is 0.848. The third-order valence-electron chi connectivity index (χ3n) is 4.49. The summed E-state index contributed by atoms with van der Waals surface area (Å²) >= 11 is 0. The summed E-state index contributed by atoms with van der Waals surface area (Å²) in [5.74, 6) is 6.98. The van der Waals surface area contributed by atoms with Crippen molar-refractivity contribution >= 4 is 0 Å². The summed E-state index contributed by atoms with van der Waals surface area (Å²) in [5, 5.41) is 0. The third kappa shape index (κ3) is 4.06. The number of benzene rings is 1. The third-order valence-corrected chi connectivity index (χ3v) is 4.49. The van der Waals surface area contributed by atoms with Gasteiger partial charge in [-0.2, -0.15) is 0 Å². The summed E-state index contributed by atoms with van der Waals surface area (Å²) in [6.07, 6.45) is 1.28. The number of nitrogens with zero attached hydrogens (tertiary/aromatic N) is 1. The van der Waals surface area contributed by atoms with Gasteiger partial charge in [-0.15, -0.1) is 0 Å². The summed E-state index contributed by atoms with van der Waals surface area (Å²) in [6.45, 7) is 9.11. The van der Waals surface area contributed by atoms with Crippen molar-refractivity contribution in [1.29, 1.82) is 0 Å². The van der Waals surface area contributed by atoms with E-state index in [0.29, 0.717) is 24.4 Å². The lowest BCUT2D eigenvalue weighted by atomic mass is 9.85. The number of likely N-dealkylation sites (tertiary alicyclic amines) is 1. The highest BCUT2D eigenvalue weighted by molar-refractivity contribution is 5.42. The van der Waals surface area contributed by atoms with Crippen molar-refractivity contribution in [3.63, 3.8) is 0 Å². The first-order valence-corrected chi connectivity index (χ1v) is 7.72. The van der Waals surface area contributed by atoms with Crippen LogP contribution < -0.4 is 5.73 Å². The lowest BCUT2D eigenvalue weighted by molar-refractivity contribution is 0.0729. The zero-order chi connectivity index (χ0) is 15.4. The van der Waals surface area contributed by atoms with Crippen molar-refractivity contribution in [3.05, 3.63) is 35.1 Å². The minimum atomic E-state index is -0.242. The van der Waals surface area contributed by atoms with Gasteiger partial charge in [0.05, 0.1) is 6.54 Å². The zero-order valence-electron chi connectivity index (χ0n) is 13.2. The van der Waals surface area contributed by atoms with Crippen molar-refractivity contribution < 1.29 is 4.39 Å². The fraction of sp³-hybridized carbons (Fsp3) is 0.556. The topological polar surface area (TPSA) is 29.3 Å². The van der Waals surface area contributed by atoms with Gasteiger partial charge in [0.25, 0.3) is 0 Å². The van der Waals surface area contributed by atoms with Crippen molar-refractivity contribution in [3.8, 4) is 11.8 Å². The molecule has 3 unspecified atom stereocenters. The predicted octanol–water partition coefficient (Wildman–Crippen LogP) is 3.00. The number of piperidine rings is 1. The molecule has 0 bridgehead atoms. The van der Waals surface area contributed by atoms with Crippen molar-refractivity contribution in [2.45, 2.75) is 39.8 Å². The summed E-state index contributed by atoms with van der Waals surface area (Å²) < 4.78 is 13.4. The smallest absolute Gasteiger partial charge is 0.124 e. The first-order valence-electron chi connectivity index (χ1n) is 7.72. The Labute approximate surface area is 127 Å². The Kier molecular flexibility index (Phi) is 5.39. The van der Waals surface area contributed by atoms with E-state index in [4.69, 9.17) is 5.73 Å². The Morgan fingerprint density at radius 1 is 1.33 bits per heavy atom. The average molecular weight is 288 g/mol. The molecule has 1 saturated heterocycles. The van der Waals surface area contributed by atoms with Crippen LogP contribution in [0.25, 0.3) is 0 Å². The molecule has 1 aromatic carbocycles. The largest absolute Gasteiger partial charge is 0.320 e. The standard InChI is InChI=1S/C18H25FN2/c1-13-9-14(2)15(3)21(11-13)12-17-6-7-18(19)10-16(17)5-4-8-20/h6-7,10,13-15H,8-9,11-12,20H2,1-3H3. The molecule has 0 aromatic heterocycles. The predicted molar refractivity (Wildman–Crippen MR) is 85.1 cm³/mol. The van der Waals surface area contributed by atoms with Crippen LogP contribution in [0.5, 0.6) is 0 Å². The molecular weight excluding hydrogens is 263 g/mol. The van der Waals surface area contributed by atoms with Crippen LogP contribution in [0.3, 0.4) is 0 Å². The molecule has 3 heteroatoms.